The van der Waals surface area contributed by atoms with Crippen molar-refractivity contribution in [1.29, 1.82) is 0 Å². The predicted octanol–water partition coefficient (Wildman–Crippen LogP) is 2.78. The molecular formula is C17H24N2O. The van der Waals surface area contributed by atoms with E-state index in [-0.39, 0.29) is 0 Å². The van der Waals surface area contributed by atoms with Gasteiger partial charge in [-0.15, -0.1) is 0 Å². The second kappa shape index (κ2) is 4.39. The van der Waals surface area contributed by atoms with Crippen LogP contribution in [0.3, 0.4) is 0 Å². The summed E-state index contributed by atoms with van der Waals surface area (Å²) in [7, 11) is 1.88. The molecule has 4 rings (SSSR count). The second-order valence-electron chi connectivity index (χ2n) is 6.80. The van der Waals surface area contributed by atoms with Crippen LogP contribution in [0.1, 0.15) is 43.2 Å². The van der Waals surface area contributed by atoms with Crippen molar-refractivity contribution in [1.82, 2.24) is 5.32 Å². The number of hydrogen-bond acceptors (Lipinski definition) is 3. The van der Waals surface area contributed by atoms with Crippen molar-refractivity contribution >= 4 is 5.69 Å². The van der Waals surface area contributed by atoms with Crippen LogP contribution >= 0.6 is 0 Å². The Morgan fingerprint density at radius 3 is 3.05 bits per heavy atom. The summed E-state index contributed by atoms with van der Waals surface area (Å²) in [4.78, 5) is 0. The van der Waals surface area contributed by atoms with E-state index in [0.29, 0.717) is 17.2 Å². The van der Waals surface area contributed by atoms with Crippen molar-refractivity contribution < 1.29 is 5.11 Å². The highest BCUT2D eigenvalue weighted by atomic mass is 16.3. The first-order valence-electron chi connectivity index (χ1n) is 8.02. The third-order valence-electron chi connectivity index (χ3n) is 6.03. The molecule has 3 aliphatic rings. The maximum atomic E-state index is 10.3. The molecule has 1 aliphatic heterocycles. The summed E-state index contributed by atoms with van der Waals surface area (Å²) < 4.78 is 0. The Morgan fingerprint density at radius 2 is 2.20 bits per heavy atom. The molecule has 3 atom stereocenters. The maximum Gasteiger partial charge on any atom is 0.138 e. The Morgan fingerprint density at radius 1 is 1.30 bits per heavy atom. The molecule has 108 valence electrons. The van der Waals surface area contributed by atoms with Crippen LogP contribution in [-0.2, 0) is 11.8 Å². The molecule has 1 aromatic carbocycles. The number of aromatic hydroxyl groups is 1. The fourth-order valence-electron chi connectivity index (χ4n) is 5.17. The van der Waals surface area contributed by atoms with Gasteiger partial charge < -0.3 is 15.7 Å². The summed E-state index contributed by atoms with van der Waals surface area (Å²) in [5, 5.41) is 17.1. The van der Waals surface area contributed by atoms with Gasteiger partial charge in [0.05, 0.1) is 5.69 Å². The molecule has 0 unspecified atom stereocenters. The van der Waals surface area contributed by atoms with Gasteiger partial charge in [-0.3, -0.25) is 0 Å². The van der Waals surface area contributed by atoms with E-state index in [9.17, 15) is 5.11 Å². The molecule has 3 heteroatoms. The van der Waals surface area contributed by atoms with E-state index in [1.807, 2.05) is 7.05 Å². The van der Waals surface area contributed by atoms with Crippen molar-refractivity contribution in [3.05, 3.63) is 23.3 Å². The molecular weight excluding hydrogens is 248 g/mol. The van der Waals surface area contributed by atoms with E-state index < -0.39 is 0 Å². The average molecular weight is 272 g/mol. The molecule has 3 nitrogen and oxygen atoms in total. The molecule has 2 fully saturated rings. The summed E-state index contributed by atoms with van der Waals surface area (Å²) in [5.74, 6) is 1.19. The second-order valence-corrected chi connectivity index (χ2v) is 6.80. The van der Waals surface area contributed by atoms with Gasteiger partial charge in [-0.2, -0.15) is 0 Å². The first-order chi connectivity index (χ1) is 9.74. The Kier molecular flexibility index (Phi) is 2.75. The van der Waals surface area contributed by atoms with Crippen LogP contribution in [0, 0.1) is 5.92 Å². The SMILES string of the molecule is CNc1cc2c(cc1O)[C@]13CCCC[C@@H]1[C@H](C2)NCC3. The lowest BCUT2D eigenvalue weighted by molar-refractivity contribution is 0.0796. The number of rotatable bonds is 1. The van der Waals surface area contributed by atoms with Gasteiger partial charge in [0, 0.05) is 18.5 Å². The molecule has 1 saturated carbocycles. The molecule has 20 heavy (non-hydrogen) atoms. The lowest BCUT2D eigenvalue weighted by Crippen LogP contribution is -2.59. The summed E-state index contributed by atoms with van der Waals surface area (Å²) in [6, 6.07) is 4.89. The van der Waals surface area contributed by atoms with Crippen LogP contribution in [0.25, 0.3) is 0 Å². The average Bonchev–Trinajstić information content (AvgIpc) is 2.48. The molecule has 1 saturated heterocycles. The first-order valence-corrected chi connectivity index (χ1v) is 8.02. The number of fused-ring (bicyclic) bond motifs is 1. The van der Waals surface area contributed by atoms with Gasteiger partial charge in [-0.25, -0.2) is 0 Å². The highest BCUT2D eigenvalue weighted by Crippen LogP contribution is 2.54. The smallest absolute Gasteiger partial charge is 0.138 e. The van der Waals surface area contributed by atoms with Crippen molar-refractivity contribution in [3.63, 3.8) is 0 Å². The third-order valence-corrected chi connectivity index (χ3v) is 6.03. The van der Waals surface area contributed by atoms with Crippen LogP contribution < -0.4 is 10.6 Å². The minimum absolute atomic E-state index is 0.339. The summed E-state index contributed by atoms with van der Waals surface area (Å²) >= 11 is 0. The van der Waals surface area contributed by atoms with Crippen LogP contribution in [0.4, 0.5) is 5.69 Å². The van der Waals surface area contributed by atoms with Gasteiger partial charge in [0.25, 0.3) is 0 Å². The molecule has 2 bridgehead atoms. The number of nitrogens with one attached hydrogen (secondary N) is 2. The molecule has 0 aromatic heterocycles. The van der Waals surface area contributed by atoms with Crippen molar-refractivity contribution in [2.24, 2.45) is 5.92 Å². The lowest BCUT2D eigenvalue weighted by atomic mass is 9.53. The Bertz CT molecular complexity index is 538. The van der Waals surface area contributed by atoms with E-state index >= 15 is 0 Å². The molecule has 0 spiro atoms. The minimum atomic E-state index is 0.339. The van der Waals surface area contributed by atoms with Crippen LogP contribution in [0.2, 0.25) is 0 Å². The molecule has 1 heterocycles. The van der Waals surface area contributed by atoms with Gasteiger partial charge in [-0.1, -0.05) is 12.8 Å². The standard InChI is InChI=1S/C17H24N2O/c1-18-15-9-11-8-14-12-4-2-3-5-17(12,6-7-19-14)13(11)10-16(15)20/h9-10,12,14,18-20H,2-8H2,1H3/t12-,14+,17+/m1/s1. The number of benzene rings is 1. The van der Waals surface area contributed by atoms with E-state index in [2.05, 4.69) is 22.8 Å². The molecule has 2 aliphatic carbocycles. The number of hydrogen-bond donors (Lipinski definition) is 3. The number of anilines is 1. The predicted molar refractivity (Wildman–Crippen MR) is 81.4 cm³/mol. The Balaban J connectivity index is 1.89. The number of piperidine rings is 1. The lowest BCUT2D eigenvalue weighted by Gasteiger charge is -2.56. The summed E-state index contributed by atoms with van der Waals surface area (Å²) in [5.41, 5.74) is 4.11. The topological polar surface area (TPSA) is 44.3 Å². The highest BCUT2D eigenvalue weighted by Gasteiger charge is 2.51. The van der Waals surface area contributed by atoms with E-state index in [1.54, 1.807) is 0 Å². The highest BCUT2D eigenvalue weighted by molar-refractivity contribution is 5.61. The van der Waals surface area contributed by atoms with Gasteiger partial charge in [0.2, 0.25) is 0 Å². The van der Waals surface area contributed by atoms with Gasteiger partial charge in [-0.05, 0) is 61.4 Å². The first kappa shape index (κ1) is 12.5. The normalized spacial score (nSPS) is 35.0. The Hall–Kier alpha value is -1.22. The van der Waals surface area contributed by atoms with Gasteiger partial charge in [0.15, 0.2) is 0 Å². The zero-order chi connectivity index (χ0) is 13.7. The zero-order valence-corrected chi connectivity index (χ0v) is 12.2. The molecule has 1 aromatic rings. The summed E-state index contributed by atoms with van der Waals surface area (Å²) in [6.45, 7) is 1.13. The maximum absolute atomic E-state index is 10.3. The zero-order valence-electron chi connectivity index (χ0n) is 12.2. The van der Waals surface area contributed by atoms with Gasteiger partial charge >= 0.3 is 0 Å². The summed E-state index contributed by atoms with van der Waals surface area (Å²) in [6.07, 6.45) is 7.74. The van der Waals surface area contributed by atoms with E-state index in [0.717, 1.165) is 24.6 Å². The van der Waals surface area contributed by atoms with Crippen LogP contribution in [0.15, 0.2) is 12.1 Å². The van der Waals surface area contributed by atoms with Crippen molar-refractivity contribution in [2.75, 3.05) is 18.9 Å². The van der Waals surface area contributed by atoms with Gasteiger partial charge in [0.1, 0.15) is 5.75 Å². The largest absolute Gasteiger partial charge is 0.506 e. The quantitative estimate of drug-likeness (QED) is 0.689. The third kappa shape index (κ3) is 1.56. The molecule has 3 N–H and O–H groups in total. The van der Waals surface area contributed by atoms with Crippen molar-refractivity contribution in [3.8, 4) is 5.75 Å². The number of phenols is 1. The van der Waals surface area contributed by atoms with E-state index in [4.69, 9.17) is 0 Å². The monoisotopic (exact) mass is 272 g/mol. The molecule has 0 radical (unpaired) electrons. The van der Waals surface area contributed by atoms with E-state index in [1.165, 1.54) is 43.2 Å². The Labute approximate surface area is 120 Å². The fraction of sp³-hybridized carbons (Fsp3) is 0.647. The molecule has 0 amide bonds. The number of phenolic OH excluding ortho intramolecular Hbond substituents is 1. The van der Waals surface area contributed by atoms with Crippen molar-refractivity contribution in [2.45, 2.75) is 50.0 Å². The van der Waals surface area contributed by atoms with Crippen LogP contribution in [0.5, 0.6) is 5.75 Å². The fourth-order valence-corrected chi connectivity index (χ4v) is 5.17. The minimum Gasteiger partial charge on any atom is -0.506 e. The van der Waals surface area contributed by atoms with Crippen LogP contribution in [-0.4, -0.2) is 24.7 Å².